The van der Waals surface area contributed by atoms with Crippen molar-refractivity contribution >= 4 is 6.09 Å². The van der Waals surface area contributed by atoms with Gasteiger partial charge < -0.3 is 20.1 Å². The van der Waals surface area contributed by atoms with Crippen molar-refractivity contribution in [2.45, 2.75) is 38.5 Å². The SMILES string of the molecule is CNCCN(C)[C@@H]1CN(C(=O)OC(C)(C)C)C[C@H]1O. The lowest BCUT2D eigenvalue weighted by atomic mass is 10.2. The number of nitrogens with zero attached hydrogens (tertiary/aromatic N) is 2. The van der Waals surface area contributed by atoms with E-state index < -0.39 is 11.7 Å². The Morgan fingerprint density at radius 1 is 1.47 bits per heavy atom. The van der Waals surface area contributed by atoms with Crippen LogP contribution in [0.4, 0.5) is 4.79 Å². The number of likely N-dealkylation sites (tertiary alicyclic amines) is 1. The fourth-order valence-corrected chi connectivity index (χ4v) is 2.13. The Bertz CT molecular complexity index is 304. The van der Waals surface area contributed by atoms with Crippen molar-refractivity contribution in [1.82, 2.24) is 15.1 Å². The Morgan fingerprint density at radius 2 is 2.11 bits per heavy atom. The Kier molecular flexibility index (Phi) is 5.58. The van der Waals surface area contributed by atoms with Crippen LogP contribution >= 0.6 is 0 Å². The van der Waals surface area contributed by atoms with Crippen LogP contribution in [0.1, 0.15) is 20.8 Å². The molecule has 0 aliphatic carbocycles. The topological polar surface area (TPSA) is 65.0 Å². The van der Waals surface area contributed by atoms with Crippen LogP contribution in [0, 0.1) is 0 Å². The highest BCUT2D eigenvalue weighted by Gasteiger charge is 2.37. The fourth-order valence-electron chi connectivity index (χ4n) is 2.13. The van der Waals surface area contributed by atoms with E-state index in [9.17, 15) is 9.90 Å². The normalized spacial score (nSPS) is 24.1. The first-order chi connectivity index (χ1) is 8.74. The average molecular weight is 273 g/mol. The van der Waals surface area contributed by atoms with Crippen LogP contribution in [0.3, 0.4) is 0 Å². The van der Waals surface area contributed by atoms with Crippen molar-refractivity contribution in [3.63, 3.8) is 0 Å². The molecule has 0 spiro atoms. The molecular weight excluding hydrogens is 246 g/mol. The molecule has 1 saturated heterocycles. The zero-order valence-corrected chi connectivity index (χ0v) is 12.6. The highest BCUT2D eigenvalue weighted by molar-refractivity contribution is 5.68. The molecule has 1 rings (SSSR count). The molecule has 0 bridgehead atoms. The van der Waals surface area contributed by atoms with E-state index in [0.717, 1.165) is 13.1 Å². The first kappa shape index (κ1) is 16.2. The van der Waals surface area contributed by atoms with Crippen LogP contribution in [0.15, 0.2) is 0 Å². The number of hydrogen-bond donors (Lipinski definition) is 2. The molecule has 2 N–H and O–H groups in total. The van der Waals surface area contributed by atoms with E-state index in [4.69, 9.17) is 4.74 Å². The largest absolute Gasteiger partial charge is 0.444 e. The van der Waals surface area contributed by atoms with Crippen LogP contribution in [0.2, 0.25) is 0 Å². The summed E-state index contributed by atoms with van der Waals surface area (Å²) in [6.07, 6.45) is -0.870. The van der Waals surface area contributed by atoms with Gasteiger partial charge >= 0.3 is 6.09 Å². The van der Waals surface area contributed by atoms with Gasteiger partial charge in [-0.15, -0.1) is 0 Å². The van der Waals surface area contributed by atoms with Gasteiger partial charge in [-0.2, -0.15) is 0 Å². The predicted octanol–water partition coefficient (Wildman–Crippen LogP) is 0.118. The molecule has 0 aromatic heterocycles. The second-order valence-corrected chi connectivity index (χ2v) is 6.10. The highest BCUT2D eigenvalue weighted by Crippen LogP contribution is 2.18. The summed E-state index contributed by atoms with van der Waals surface area (Å²) in [7, 11) is 3.86. The summed E-state index contributed by atoms with van der Waals surface area (Å²) in [6.45, 7) is 8.06. The predicted molar refractivity (Wildman–Crippen MR) is 74.2 cm³/mol. The summed E-state index contributed by atoms with van der Waals surface area (Å²) in [6, 6.07) is -0.0270. The van der Waals surface area contributed by atoms with E-state index in [2.05, 4.69) is 10.2 Å². The summed E-state index contributed by atoms with van der Waals surface area (Å²) in [5.41, 5.74) is -0.502. The van der Waals surface area contributed by atoms with Crippen molar-refractivity contribution in [2.75, 3.05) is 40.3 Å². The Morgan fingerprint density at radius 3 is 2.63 bits per heavy atom. The van der Waals surface area contributed by atoms with Crippen LogP contribution in [-0.4, -0.2) is 79.0 Å². The molecule has 1 fully saturated rings. The molecule has 1 aliphatic heterocycles. The van der Waals surface area contributed by atoms with Gasteiger partial charge in [-0.3, -0.25) is 4.90 Å². The molecule has 6 nitrogen and oxygen atoms in total. The van der Waals surface area contributed by atoms with Crippen molar-refractivity contribution in [2.24, 2.45) is 0 Å². The van der Waals surface area contributed by atoms with Crippen molar-refractivity contribution in [3.05, 3.63) is 0 Å². The Labute approximate surface area is 115 Å². The lowest BCUT2D eigenvalue weighted by Crippen LogP contribution is -2.43. The van der Waals surface area contributed by atoms with Gasteiger partial charge in [0.2, 0.25) is 0 Å². The fraction of sp³-hybridized carbons (Fsp3) is 0.923. The molecule has 6 heteroatoms. The zero-order valence-electron chi connectivity index (χ0n) is 12.6. The minimum Gasteiger partial charge on any atom is -0.444 e. The van der Waals surface area contributed by atoms with E-state index in [1.807, 2.05) is 34.9 Å². The molecule has 112 valence electrons. The summed E-state index contributed by atoms with van der Waals surface area (Å²) in [5.74, 6) is 0. The van der Waals surface area contributed by atoms with Crippen molar-refractivity contribution in [1.29, 1.82) is 0 Å². The lowest BCUT2D eigenvalue weighted by Gasteiger charge is -2.27. The van der Waals surface area contributed by atoms with E-state index in [-0.39, 0.29) is 12.1 Å². The second-order valence-electron chi connectivity index (χ2n) is 6.10. The summed E-state index contributed by atoms with van der Waals surface area (Å²) in [4.78, 5) is 15.6. The minimum atomic E-state index is -0.519. The van der Waals surface area contributed by atoms with Gasteiger partial charge in [0, 0.05) is 19.6 Å². The van der Waals surface area contributed by atoms with E-state index in [1.54, 1.807) is 4.90 Å². The monoisotopic (exact) mass is 273 g/mol. The van der Waals surface area contributed by atoms with Gasteiger partial charge in [0.05, 0.1) is 18.7 Å². The third-order valence-corrected chi connectivity index (χ3v) is 3.19. The molecule has 0 aromatic rings. The van der Waals surface area contributed by atoms with Crippen molar-refractivity contribution in [3.8, 4) is 0 Å². The minimum absolute atomic E-state index is 0.0270. The van der Waals surface area contributed by atoms with Gasteiger partial charge in [-0.1, -0.05) is 0 Å². The zero-order chi connectivity index (χ0) is 14.6. The number of amides is 1. The number of nitrogens with one attached hydrogen (secondary N) is 1. The van der Waals surface area contributed by atoms with Gasteiger partial charge in [-0.25, -0.2) is 4.79 Å². The van der Waals surface area contributed by atoms with Crippen LogP contribution < -0.4 is 5.32 Å². The highest BCUT2D eigenvalue weighted by atomic mass is 16.6. The number of likely N-dealkylation sites (N-methyl/N-ethyl adjacent to an activating group) is 2. The number of aliphatic hydroxyl groups is 1. The van der Waals surface area contributed by atoms with Gasteiger partial charge in [-0.05, 0) is 34.9 Å². The number of carbonyl (C=O) groups is 1. The Hall–Kier alpha value is -0.850. The number of β-amino-alcohol motifs (C(OH)–C–C–N with tert-alkyl or cyclic N) is 1. The molecule has 19 heavy (non-hydrogen) atoms. The van der Waals surface area contributed by atoms with Gasteiger partial charge in [0.15, 0.2) is 0 Å². The quantitative estimate of drug-likeness (QED) is 0.761. The smallest absolute Gasteiger partial charge is 0.410 e. The standard InChI is InChI=1S/C13H27N3O3/c1-13(2,3)19-12(18)16-8-10(11(17)9-16)15(5)7-6-14-4/h10-11,14,17H,6-9H2,1-5H3/t10-,11-/m1/s1. The molecule has 0 saturated carbocycles. The molecule has 0 radical (unpaired) electrons. The van der Waals surface area contributed by atoms with E-state index in [1.165, 1.54) is 0 Å². The molecule has 0 unspecified atom stereocenters. The third-order valence-electron chi connectivity index (χ3n) is 3.19. The van der Waals surface area contributed by atoms with Gasteiger partial charge in [0.25, 0.3) is 0 Å². The number of hydrogen-bond acceptors (Lipinski definition) is 5. The molecule has 2 atom stereocenters. The third kappa shape index (κ3) is 4.97. The lowest BCUT2D eigenvalue weighted by molar-refractivity contribution is 0.0269. The summed E-state index contributed by atoms with van der Waals surface area (Å²) in [5, 5.41) is 13.1. The Balaban J connectivity index is 2.52. The maximum Gasteiger partial charge on any atom is 0.410 e. The first-order valence-electron chi connectivity index (χ1n) is 6.75. The molecule has 0 aromatic carbocycles. The second kappa shape index (κ2) is 6.54. The number of carbonyl (C=O) groups excluding carboxylic acids is 1. The van der Waals surface area contributed by atoms with Crippen molar-refractivity contribution < 1.29 is 14.6 Å². The summed E-state index contributed by atoms with van der Waals surface area (Å²) >= 11 is 0. The number of ether oxygens (including phenoxy) is 1. The number of aliphatic hydroxyl groups excluding tert-OH is 1. The molecular formula is C13H27N3O3. The maximum atomic E-state index is 12.0. The van der Waals surface area contributed by atoms with Crippen LogP contribution in [0.25, 0.3) is 0 Å². The first-order valence-corrected chi connectivity index (χ1v) is 6.75. The maximum absolute atomic E-state index is 12.0. The van der Waals surface area contributed by atoms with Crippen LogP contribution in [0.5, 0.6) is 0 Å². The van der Waals surface area contributed by atoms with Crippen LogP contribution in [-0.2, 0) is 4.74 Å². The molecule has 1 heterocycles. The average Bonchev–Trinajstić information content (AvgIpc) is 2.66. The van der Waals surface area contributed by atoms with E-state index >= 15 is 0 Å². The summed E-state index contributed by atoms with van der Waals surface area (Å²) < 4.78 is 5.32. The molecule has 1 amide bonds. The van der Waals surface area contributed by atoms with Gasteiger partial charge in [0.1, 0.15) is 5.60 Å². The number of rotatable bonds is 4. The molecule has 1 aliphatic rings. The van der Waals surface area contributed by atoms with E-state index in [0.29, 0.717) is 13.1 Å².